The fourth-order valence-electron chi connectivity index (χ4n) is 1.95. The molecule has 1 aromatic rings. The third-order valence-electron chi connectivity index (χ3n) is 2.86. The van der Waals surface area contributed by atoms with Crippen molar-refractivity contribution in [2.24, 2.45) is 0 Å². The van der Waals surface area contributed by atoms with Crippen LogP contribution in [0.15, 0.2) is 6.20 Å². The van der Waals surface area contributed by atoms with Crippen LogP contribution in [-0.2, 0) is 15.9 Å². The van der Waals surface area contributed by atoms with Crippen LogP contribution in [0.3, 0.4) is 0 Å². The zero-order chi connectivity index (χ0) is 12.1. The average Bonchev–Trinajstić information content (AvgIpc) is 2.97. The Morgan fingerprint density at radius 1 is 1.71 bits per heavy atom. The number of hydrogen-bond donors (Lipinski definition) is 1. The van der Waals surface area contributed by atoms with E-state index in [-0.39, 0.29) is 12.1 Å². The van der Waals surface area contributed by atoms with Gasteiger partial charge in [0, 0.05) is 12.3 Å². The monoisotopic (exact) mass is 238 g/mol. The molecule has 0 spiro atoms. The van der Waals surface area contributed by atoms with Crippen LogP contribution in [-0.4, -0.2) is 35.5 Å². The number of esters is 1. The molecule has 0 saturated carbocycles. The van der Waals surface area contributed by atoms with Crippen LogP contribution >= 0.6 is 0 Å². The van der Waals surface area contributed by atoms with Crippen LogP contribution in [0.25, 0.3) is 0 Å². The summed E-state index contributed by atoms with van der Waals surface area (Å²) in [7, 11) is 0. The highest BCUT2D eigenvalue weighted by Crippen LogP contribution is 2.14. The van der Waals surface area contributed by atoms with Gasteiger partial charge in [-0.25, -0.2) is 4.79 Å². The van der Waals surface area contributed by atoms with Gasteiger partial charge in [-0.3, -0.25) is 5.10 Å². The number of carbonyl (C=O) groups is 1. The number of aromatic nitrogens is 2. The molecule has 94 valence electrons. The van der Waals surface area contributed by atoms with Crippen LogP contribution in [0.1, 0.15) is 42.2 Å². The fraction of sp³-hybridized carbons (Fsp3) is 0.667. The standard InChI is InChI=1S/C12H18N2O3/c1-2-4-11-10(7-13-14-11)12(15)17-8-9-5-3-6-16-9/h7,9H,2-6,8H2,1H3,(H,13,14)/t9-/m0/s1. The molecule has 1 atom stereocenters. The second kappa shape index (κ2) is 5.82. The Morgan fingerprint density at radius 2 is 2.59 bits per heavy atom. The van der Waals surface area contributed by atoms with Crippen LogP contribution < -0.4 is 0 Å². The van der Waals surface area contributed by atoms with E-state index in [0.29, 0.717) is 12.2 Å². The normalized spacial score (nSPS) is 19.5. The number of rotatable bonds is 5. The van der Waals surface area contributed by atoms with Gasteiger partial charge in [-0.1, -0.05) is 13.3 Å². The van der Waals surface area contributed by atoms with Crippen molar-refractivity contribution in [3.05, 3.63) is 17.5 Å². The van der Waals surface area contributed by atoms with Gasteiger partial charge in [0.15, 0.2) is 0 Å². The molecular formula is C12H18N2O3. The van der Waals surface area contributed by atoms with Gasteiger partial charge in [-0.05, 0) is 19.3 Å². The second-order valence-corrected chi connectivity index (χ2v) is 4.25. The first-order valence-electron chi connectivity index (χ1n) is 6.12. The van der Waals surface area contributed by atoms with Gasteiger partial charge in [0.1, 0.15) is 12.2 Å². The van der Waals surface area contributed by atoms with Crippen molar-refractivity contribution in [1.29, 1.82) is 0 Å². The van der Waals surface area contributed by atoms with E-state index in [1.165, 1.54) is 6.20 Å². The van der Waals surface area contributed by atoms with Gasteiger partial charge in [-0.15, -0.1) is 0 Å². The predicted molar refractivity (Wildman–Crippen MR) is 61.8 cm³/mol. The van der Waals surface area contributed by atoms with Crippen molar-refractivity contribution < 1.29 is 14.3 Å². The lowest BCUT2D eigenvalue weighted by atomic mass is 10.2. The molecule has 0 aromatic carbocycles. The van der Waals surface area contributed by atoms with E-state index in [1.807, 2.05) is 0 Å². The molecule has 1 N–H and O–H groups in total. The van der Waals surface area contributed by atoms with Crippen LogP contribution in [0.4, 0.5) is 0 Å². The first-order chi connectivity index (χ1) is 8.31. The lowest BCUT2D eigenvalue weighted by Gasteiger charge is -2.09. The zero-order valence-electron chi connectivity index (χ0n) is 10.1. The minimum Gasteiger partial charge on any atom is -0.459 e. The Kier molecular flexibility index (Phi) is 4.14. The molecule has 0 aliphatic carbocycles. The predicted octanol–water partition coefficient (Wildman–Crippen LogP) is 1.70. The fourth-order valence-corrected chi connectivity index (χ4v) is 1.95. The van der Waals surface area contributed by atoms with E-state index in [0.717, 1.165) is 38.0 Å². The van der Waals surface area contributed by atoms with E-state index in [2.05, 4.69) is 17.1 Å². The Hall–Kier alpha value is -1.36. The lowest BCUT2D eigenvalue weighted by Crippen LogP contribution is -2.18. The first-order valence-corrected chi connectivity index (χ1v) is 6.12. The Balaban J connectivity index is 1.87. The number of aryl methyl sites for hydroxylation is 1. The molecule has 0 unspecified atom stereocenters. The topological polar surface area (TPSA) is 64.2 Å². The van der Waals surface area contributed by atoms with Gasteiger partial charge in [0.25, 0.3) is 0 Å². The third-order valence-corrected chi connectivity index (χ3v) is 2.86. The number of nitrogens with one attached hydrogen (secondary N) is 1. The summed E-state index contributed by atoms with van der Waals surface area (Å²) in [6.07, 6.45) is 5.40. The summed E-state index contributed by atoms with van der Waals surface area (Å²) in [5.74, 6) is -0.308. The lowest BCUT2D eigenvalue weighted by molar-refractivity contribution is 0.0160. The molecule has 1 saturated heterocycles. The number of carbonyl (C=O) groups excluding carboxylic acids is 1. The van der Waals surface area contributed by atoms with Gasteiger partial charge in [-0.2, -0.15) is 5.10 Å². The number of H-pyrrole nitrogens is 1. The number of hydrogen-bond acceptors (Lipinski definition) is 4. The van der Waals surface area contributed by atoms with E-state index < -0.39 is 0 Å². The molecule has 1 aromatic heterocycles. The Morgan fingerprint density at radius 3 is 3.29 bits per heavy atom. The molecule has 0 bridgehead atoms. The molecule has 1 fully saturated rings. The molecule has 5 nitrogen and oxygen atoms in total. The maximum Gasteiger partial charge on any atom is 0.341 e. The number of aromatic amines is 1. The molecule has 1 aliphatic heterocycles. The van der Waals surface area contributed by atoms with Gasteiger partial charge in [0.05, 0.1) is 12.3 Å². The van der Waals surface area contributed by atoms with E-state index in [1.54, 1.807) is 0 Å². The highest BCUT2D eigenvalue weighted by Gasteiger charge is 2.20. The molecule has 5 heteroatoms. The van der Waals surface area contributed by atoms with Crippen molar-refractivity contribution in [3.8, 4) is 0 Å². The minimum absolute atomic E-state index is 0.0699. The van der Waals surface area contributed by atoms with Gasteiger partial charge >= 0.3 is 5.97 Å². The highest BCUT2D eigenvalue weighted by atomic mass is 16.6. The SMILES string of the molecule is CCCc1[nH]ncc1C(=O)OC[C@@H]1CCCO1. The molecule has 17 heavy (non-hydrogen) atoms. The summed E-state index contributed by atoms with van der Waals surface area (Å²) in [5, 5.41) is 6.72. The Bertz CT molecular complexity index is 370. The first kappa shape index (κ1) is 12.1. The third kappa shape index (κ3) is 3.06. The molecular weight excluding hydrogens is 220 g/mol. The molecule has 2 heterocycles. The van der Waals surface area contributed by atoms with Gasteiger partial charge < -0.3 is 9.47 Å². The minimum atomic E-state index is -0.308. The zero-order valence-corrected chi connectivity index (χ0v) is 10.1. The summed E-state index contributed by atoms with van der Waals surface area (Å²) in [6.45, 7) is 3.17. The van der Waals surface area contributed by atoms with Gasteiger partial charge in [0.2, 0.25) is 0 Å². The van der Waals surface area contributed by atoms with E-state index in [4.69, 9.17) is 9.47 Å². The average molecular weight is 238 g/mol. The van der Waals surface area contributed by atoms with Crippen LogP contribution in [0.2, 0.25) is 0 Å². The van der Waals surface area contributed by atoms with Crippen molar-refractivity contribution >= 4 is 5.97 Å². The summed E-state index contributed by atoms with van der Waals surface area (Å²) in [4.78, 5) is 11.8. The number of nitrogens with zero attached hydrogens (tertiary/aromatic N) is 1. The van der Waals surface area contributed by atoms with E-state index in [9.17, 15) is 4.79 Å². The molecule has 1 aliphatic rings. The summed E-state index contributed by atoms with van der Waals surface area (Å²) < 4.78 is 10.6. The molecule has 0 amide bonds. The Labute approximate surface area is 100 Å². The molecule has 0 radical (unpaired) electrons. The van der Waals surface area contributed by atoms with Crippen LogP contribution in [0, 0.1) is 0 Å². The summed E-state index contributed by atoms with van der Waals surface area (Å²) in [5.41, 5.74) is 1.40. The van der Waals surface area contributed by atoms with E-state index >= 15 is 0 Å². The van der Waals surface area contributed by atoms with Crippen molar-refractivity contribution in [3.63, 3.8) is 0 Å². The van der Waals surface area contributed by atoms with Crippen LogP contribution in [0.5, 0.6) is 0 Å². The summed E-state index contributed by atoms with van der Waals surface area (Å²) >= 11 is 0. The number of ether oxygens (including phenoxy) is 2. The highest BCUT2D eigenvalue weighted by molar-refractivity contribution is 5.90. The smallest absolute Gasteiger partial charge is 0.341 e. The maximum atomic E-state index is 11.8. The molecule has 2 rings (SSSR count). The second-order valence-electron chi connectivity index (χ2n) is 4.25. The maximum absolute atomic E-state index is 11.8. The van der Waals surface area contributed by atoms with Crippen molar-refractivity contribution in [1.82, 2.24) is 10.2 Å². The largest absolute Gasteiger partial charge is 0.459 e. The quantitative estimate of drug-likeness (QED) is 0.793. The summed E-state index contributed by atoms with van der Waals surface area (Å²) in [6, 6.07) is 0. The van der Waals surface area contributed by atoms with Crippen molar-refractivity contribution in [2.75, 3.05) is 13.2 Å². The van der Waals surface area contributed by atoms with Crippen molar-refractivity contribution in [2.45, 2.75) is 38.7 Å².